The lowest BCUT2D eigenvalue weighted by molar-refractivity contribution is -0.128. The summed E-state index contributed by atoms with van der Waals surface area (Å²) in [6, 6.07) is 0.206. The van der Waals surface area contributed by atoms with Gasteiger partial charge in [0.05, 0.1) is 6.61 Å². The van der Waals surface area contributed by atoms with E-state index in [9.17, 15) is 4.79 Å². The lowest BCUT2D eigenvalue weighted by Crippen LogP contribution is -2.42. The maximum Gasteiger partial charge on any atom is 0.246 e. The Balaban J connectivity index is 4.32. The fourth-order valence-corrected chi connectivity index (χ4v) is 1.13. The van der Waals surface area contributed by atoms with Crippen LogP contribution in [0.15, 0.2) is 12.2 Å². The molecule has 88 valence electrons. The SMILES string of the molecule is COC/C=C/C(=O)N(C)C(C)C(C)(C)C. The number of amides is 1. The van der Waals surface area contributed by atoms with Gasteiger partial charge in [0, 0.05) is 26.3 Å². The molecule has 0 bridgehead atoms. The second-order valence-electron chi connectivity index (χ2n) is 4.85. The Morgan fingerprint density at radius 3 is 2.40 bits per heavy atom. The van der Waals surface area contributed by atoms with Gasteiger partial charge in [-0.15, -0.1) is 0 Å². The van der Waals surface area contributed by atoms with Gasteiger partial charge in [-0.25, -0.2) is 0 Å². The molecule has 15 heavy (non-hydrogen) atoms. The number of methoxy groups -OCH3 is 1. The number of rotatable bonds is 4. The van der Waals surface area contributed by atoms with Crippen LogP contribution in [0.1, 0.15) is 27.7 Å². The van der Waals surface area contributed by atoms with Crippen molar-refractivity contribution in [2.75, 3.05) is 20.8 Å². The summed E-state index contributed by atoms with van der Waals surface area (Å²) >= 11 is 0. The molecule has 3 nitrogen and oxygen atoms in total. The third-order valence-electron chi connectivity index (χ3n) is 2.71. The summed E-state index contributed by atoms with van der Waals surface area (Å²) < 4.78 is 4.84. The van der Waals surface area contributed by atoms with Crippen LogP contribution in [0.5, 0.6) is 0 Å². The number of hydrogen-bond acceptors (Lipinski definition) is 2. The van der Waals surface area contributed by atoms with E-state index < -0.39 is 0 Å². The van der Waals surface area contributed by atoms with Gasteiger partial charge in [0.2, 0.25) is 5.91 Å². The predicted octanol–water partition coefficient (Wildman–Crippen LogP) is 2.08. The Labute approximate surface area is 93.1 Å². The Morgan fingerprint density at radius 1 is 1.47 bits per heavy atom. The number of carbonyl (C=O) groups excluding carboxylic acids is 1. The molecule has 1 unspecified atom stereocenters. The fraction of sp³-hybridized carbons (Fsp3) is 0.750. The van der Waals surface area contributed by atoms with Gasteiger partial charge in [-0.1, -0.05) is 26.8 Å². The molecule has 0 saturated heterocycles. The van der Waals surface area contributed by atoms with Crippen molar-refractivity contribution in [2.45, 2.75) is 33.7 Å². The molecular formula is C12H23NO2. The number of nitrogens with zero attached hydrogens (tertiary/aromatic N) is 1. The van der Waals surface area contributed by atoms with Crippen molar-refractivity contribution in [3.8, 4) is 0 Å². The minimum absolute atomic E-state index is 0.0227. The first-order chi connectivity index (χ1) is 6.80. The molecule has 0 saturated carbocycles. The quantitative estimate of drug-likeness (QED) is 0.669. The lowest BCUT2D eigenvalue weighted by atomic mass is 9.87. The second kappa shape index (κ2) is 5.91. The van der Waals surface area contributed by atoms with E-state index in [0.717, 1.165) is 0 Å². The molecule has 0 aromatic carbocycles. The van der Waals surface area contributed by atoms with Crippen LogP contribution in [-0.2, 0) is 9.53 Å². The Hall–Kier alpha value is -0.830. The summed E-state index contributed by atoms with van der Waals surface area (Å²) in [4.78, 5) is 13.4. The van der Waals surface area contributed by atoms with E-state index >= 15 is 0 Å². The summed E-state index contributed by atoms with van der Waals surface area (Å²) in [7, 11) is 3.44. The molecule has 0 spiro atoms. The lowest BCUT2D eigenvalue weighted by Gasteiger charge is -2.34. The normalized spacial score (nSPS) is 14.3. The first-order valence-corrected chi connectivity index (χ1v) is 5.23. The first kappa shape index (κ1) is 14.2. The molecule has 3 heteroatoms. The van der Waals surface area contributed by atoms with E-state index in [2.05, 4.69) is 27.7 Å². The zero-order valence-electron chi connectivity index (χ0n) is 10.7. The van der Waals surface area contributed by atoms with E-state index in [0.29, 0.717) is 6.61 Å². The van der Waals surface area contributed by atoms with Gasteiger partial charge in [-0.05, 0) is 12.3 Å². The van der Waals surface area contributed by atoms with E-state index in [-0.39, 0.29) is 17.4 Å². The van der Waals surface area contributed by atoms with E-state index in [1.807, 2.05) is 7.05 Å². The van der Waals surface area contributed by atoms with Crippen molar-refractivity contribution in [1.82, 2.24) is 4.90 Å². The summed E-state index contributed by atoms with van der Waals surface area (Å²) in [5.74, 6) is 0.0227. The number of carbonyl (C=O) groups is 1. The smallest absolute Gasteiger partial charge is 0.246 e. The van der Waals surface area contributed by atoms with Crippen LogP contribution in [0.3, 0.4) is 0 Å². The zero-order chi connectivity index (χ0) is 12.1. The molecule has 0 aliphatic rings. The molecule has 0 aliphatic carbocycles. The molecule has 0 rings (SSSR count). The van der Waals surface area contributed by atoms with Crippen LogP contribution in [0.4, 0.5) is 0 Å². The molecule has 0 radical (unpaired) electrons. The molecule has 0 fully saturated rings. The largest absolute Gasteiger partial charge is 0.381 e. The maximum atomic E-state index is 11.7. The summed E-state index contributed by atoms with van der Waals surface area (Å²) in [5.41, 5.74) is 0.0967. The van der Waals surface area contributed by atoms with Crippen LogP contribution in [0.25, 0.3) is 0 Å². The minimum Gasteiger partial charge on any atom is -0.381 e. The molecule has 0 heterocycles. The molecule has 1 atom stereocenters. The highest BCUT2D eigenvalue weighted by molar-refractivity contribution is 5.87. The van der Waals surface area contributed by atoms with Crippen LogP contribution in [0, 0.1) is 5.41 Å². The first-order valence-electron chi connectivity index (χ1n) is 5.23. The van der Waals surface area contributed by atoms with Crippen LogP contribution < -0.4 is 0 Å². The van der Waals surface area contributed by atoms with Crippen molar-refractivity contribution < 1.29 is 9.53 Å². The molecular weight excluding hydrogens is 190 g/mol. The number of hydrogen-bond donors (Lipinski definition) is 0. The van der Waals surface area contributed by atoms with Crippen LogP contribution in [-0.4, -0.2) is 37.6 Å². The predicted molar refractivity (Wildman–Crippen MR) is 62.7 cm³/mol. The Kier molecular flexibility index (Phi) is 5.58. The minimum atomic E-state index is 0.0227. The zero-order valence-corrected chi connectivity index (χ0v) is 10.7. The summed E-state index contributed by atoms with van der Waals surface area (Å²) in [5, 5.41) is 0. The number of likely N-dealkylation sites (N-methyl/N-ethyl adjacent to an activating group) is 1. The van der Waals surface area contributed by atoms with Gasteiger partial charge < -0.3 is 9.64 Å². The second-order valence-corrected chi connectivity index (χ2v) is 4.85. The van der Waals surface area contributed by atoms with Gasteiger partial charge in [-0.2, -0.15) is 0 Å². The fourth-order valence-electron chi connectivity index (χ4n) is 1.13. The highest BCUT2D eigenvalue weighted by atomic mass is 16.5. The third kappa shape index (κ3) is 4.98. The van der Waals surface area contributed by atoms with Crippen molar-refractivity contribution in [2.24, 2.45) is 5.41 Å². The van der Waals surface area contributed by atoms with Gasteiger partial charge in [0.25, 0.3) is 0 Å². The van der Waals surface area contributed by atoms with E-state index in [1.165, 1.54) is 0 Å². The monoisotopic (exact) mass is 213 g/mol. The Morgan fingerprint density at radius 2 is 2.00 bits per heavy atom. The maximum absolute atomic E-state index is 11.7. The van der Waals surface area contributed by atoms with Gasteiger partial charge in [-0.3, -0.25) is 4.79 Å². The van der Waals surface area contributed by atoms with Crippen molar-refractivity contribution >= 4 is 5.91 Å². The van der Waals surface area contributed by atoms with Gasteiger partial charge >= 0.3 is 0 Å². The van der Waals surface area contributed by atoms with Gasteiger partial charge in [0.15, 0.2) is 0 Å². The van der Waals surface area contributed by atoms with E-state index in [4.69, 9.17) is 4.74 Å². The Bertz CT molecular complexity index is 228. The highest BCUT2D eigenvalue weighted by Crippen LogP contribution is 2.22. The molecule has 0 aromatic rings. The average Bonchev–Trinajstić information content (AvgIpc) is 2.14. The standard InChI is InChI=1S/C12H23NO2/c1-10(12(2,3)4)13(5)11(14)8-7-9-15-6/h7-8,10H,9H2,1-6H3/b8-7+. The third-order valence-corrected chi connectivity index (χ3v) is 2.71. The van der Waals surface area contributed by atoms with Crippen molar-refractivity contribution in [3.05, 3.63) is 12.2 Å². The molecule has 0 aromatic heterocycles. The topological polar surface area (TPSA) is 29.5 Å². The highest BCUT2D eigenvalue weighted by Gasteiger charge is 2.25. The van der Waals surface area contributed by atoms with E-state index in [1.54, 1.807) is 24.2 Å². The van der Waals surface area contributed by atoms with Crippen LogP contribution >= 0.6 is 0 Å². The number of ether oxygens (including phenoxy) is 1. The molecule has 0 aliphatic heterocycles. The van der Waals surface area contributed by atoms with Crippen LogP contribution in [0.2, 0.25) is 0 Å². The summed E-state index contributed by atoms with van der Waals surface area (Å²) in [6.45, 7) is 8.91. The summed E-state index contributed by atoms with van der Waals surface area (Å²) in [6.07, 6.45) is 3.29. The molecule has 0 N–H and O–H groups in total. The average molecular weight is 213 g/mol. The van der Waals surface area contributed by atoms with Crippen molar-refractivity contribution in [1.29, 1.82) is 0 Å². The van der Waals surface area contributed by atoms with Gasteiger partial charge in [0.1, 0.15) is 0 Å². The van der Waals surface area contributed by atoms with Crippen molar-refractivity contribution in [3.63, 3.8) is 0 Å². The molecule has 1 amide bonds.